The Balaban J connectivity index is 2.06. The van der Waals surface area contributed by atoms with E-state index in [0.29, 0.717) is 23.0 Å². The minimum absolute atomic E-state index is 0.220. The number of rotatable bonds is 7. The number of hydrogen-bond donors (Lipinski definition) is 2. The van der Waals surface area contributed by atoms with E-state index in [4.69, 9.17) is 18.9 Å². The van der Waals surface area contributed by atoms with E-state index in [1.165, 1.54) is 33.5 Å². The van der Waals surface area contributed by atoms with Gasteiger partial charge in [-0.1, -0.05) is 15.9 Å². The summed E-state index contributed by atoms with van der Waals surface area (Å²) in [5.41, 5.74) is 6.74. The number of amides is 2. The molecule has 0 aliphatic rings. The molecule has 2 amide bonds. The van der Waals surface area contributed by atoms with E-state index in [2.05, 4.69) is 26.8 Å². The van der Waals surface area contributed by atoms with Gasteiger partial charge in [-0.3, -0.25) is 20.4 Å². The van der Waals surface area contributed by atoms with E-state index in [-0.39, 0.29) is 5.56 Å². The predicted molar refractivity (Wildman–Crippen MR) is 115 cm³/mol. The lowest BCUT2D eigenvalue weighted by molar-refractivity contribution is -0.128. The Morgan fingerprint density at radius 1 is 0.867 bits per heavy atom. The summed E-state index contributed by atoms with van der Waals surface area (Å²) in [7, 11) is 4.37. The van der Waals surface area contributed by atoms with Crippen LogP contribution < -0.4 is 29.8 Å². The molecule has 8 nitrogen and oxygen atoms in total. The summed E-state index contributed by atoms with van der Waals surface area (Å²) in [6.07, 6.45) is -0.830. The highest BCUT2D eigenvalue weighted by atomic mass is 79.9. The van der Waals surface area contributed by atoms with Crippen LogP contribution in [-0.2, 0) is 4.79 Å². The van der Waals surface area contributed by atoms with Crippen molar-refractivity contribution in [1.82, 2.24) is 10.9 Å². The average Bonchev–Trinajstić information content (AvgIpc) is 2.72. The summed E-state index contributed by atoms with van der Waals surface area (Å²) in [6, 6.07) is 6.77. The summed E-state index contributed by atoms with van der Waals surface area (Å²) < 4.78 is 22.4. The molecule has 1 atom stereocenters. The predicted octanol–water partition coefficient (Wildman–Crippen LogP) is 3.32. The molecule has 2 aromatic rings. The molecule has 0 aliphatic carbocycles. The van der Waals surface area contributed by atoms with Crippen molar-refractivity contribution in [2.24, 2.45) is 0 Å². The third-order valence-electron chi connectivity index (χ3n) is 4.32. The molecular weight excluding hydrogens is 456 g/mol. The molecule has 2 N–H and O–H groups in total. The van der Waals surface area contributed by atoms with Crippen molar-refractivity contribution in [2.75, 3.05) is 21.3 Å². The Bertz CT molecular complexity index is 899. The molecular formula is C21H25BrN2O6. The second-order valence-electron chi connectivity index (χ2n) is 6.49. The van der Waals surface area contributed by atoms with Crippen LogP contribution in [0.5, 0.6) is 23.0 Å². The number of ether oxygens (including phenoxy) is 4. The second-order valence-corrected chi connectivity index (χ2v) is 7.40. The van der Waals surface area contributed by atoms with Gasteiger partial charge in [0, 0.05) is 10.0 Å². The van der Waals surface area contributed by atoms with Gasteiger partial charge in [-0.05, 0) is 56.2 Å². The van der Waals surface area contributed by atoms with Crippen molar-refractivity contribution in [3.8, 4) is 23.0 Å². The van der Waals surface area contributed by atoms with Gasteiger partial charge in [0.15, 0.2) is 17.6 Å². The highest BCUT2D eigenvalue weighted by Gasteiger charge is 2.20. The Kier molecular flexibility index (Phi) is 7.93. The number of benzene rings is 2. The lowest BCUT2D eigenvalue weighted by atomic mass is 10.1. The molecule has 0 spiro atoms. The van der Waals surface area contributed by atoms with Gasteiger partial charge in [0.1, 0.15) is 5.75 Å². The number of aryl methyl sites for hydroxylation is 2. The number of carbonyl (C=O) groups is 2. The largest absolute Gasteiger partial charge is 0.493 e. The minimum Gasteiger partial charge on any atom is -0.493 e. The van der Waals surface area contributed by atoms with E-state index in [1.807, 2.05) is 26.0 Å². The maximum absolute atomic E-state index is 12.5. The first kappa shape index (κ1) is 23.3. The maximum atomic E-state index is 12.5. The number of nitrogens with one attached hydrogen (secondary N) is 2. The maximum Gasteiger partial charge on any atom is 0.279 e. The standard InChI is InChI=1S/C21H25BrN2O6/c1-11-7-15(22)8-12(2)18(11)30-13(3)20(25)23-24-21(26)14-9-16(27-4)19(29-6)17(10-14)28-5/h7-10,13H,1-6H3,(H,23,25)(H,24,26). The molecule has 0 aliphatic heterocycles. The number of hydrazine groups is 1. The van der Waals surface area contributed by atoms with Crippen LogP contribution in [0.25, 0.3) is 0 Å². The van der Waals surface area contributed by atoms with Crippen molar-refractivity contribution in [3.63, 3.8) is 0 Å². The van der Waals surface area contributed by atoms with Gasteiger partial charge < -0.3 is 18.9 Å². The van der Waals surface area contributed by atoms with E-state index in [0.717, 1.165) is 15.6 Å². The molecule has 2 aromatic carbocycles. The normalized spacial score (nSPS) is 11.3. The average molecular weight is 481 g/mol. The first-order valence-corrected chi connectivity index (χ1v) is 9.84. The fourth-order valence-electron chi connectivity index (χ4n) is 2.82. The van der Waals surface area contributed by atoms with Crippen LogP contribution in [0.15, 0.2) is 28.7 Å². The molecule has 0 heterocycles. The number of hydrogen-bond acceptors (Lipinski definition) is 6. The number of halogens is 1. The van der Waals surface area contributed by atoms with Crippen LogP contribution in [0.2, 0.25) is 0 Å². The topological polar surface area (TPSA) is 95.1 Å². The number of carbonyl (C=O) groups excluding carboxylic acids is 2. The van der Waals surface area contributed by atoms with Crippen molar-refractivity contribution in [2.45, 2.75) is 26.9 Å². The Morgan fingerprint density at radius 3 is 1.87 bits per heavy atom. The van der Waals surface area contributed by atoms with E-state index in [9.17, 15) is 9.59 Å². The smallest absolute Gasteiger partial charge is 0.279 e. The molecule has 162 valence electrons. The monoisotopic (exact) mass is 480 g/mol. The molecule has 0 bridgehead atoms. The Morgan fingerprint density at radius 2 is 1.40 bits per heavy atom. The molecule has 0 aromatic heterocycles. The third kappa shape index (κ3) is 5.35. The summed E-state index contributed by atoms with van der Waals surface area (Å²) in [5.74, 6) is 0.584. The molecule has 0 saturated carbocycles. The van der Waals surface area contributed by atoms with Gasteiger partial charge in [0.2, 0.25) is 5.75 Å². The molecule has 0 fully saturated rings. The fourth-order valence-corrected chi connectivity index (χ4v) is 3.50. The zero-order valence-corrected chi connectivity index (χ0v) is 19.3. The zero-order valence-electron chi connectivity index (χ0n) is 17.7. The third-order valence-corrected chi connectivity index (χ3v) is 4.77. The van der Waals surface area contributed by atoms with Crippen LogP contribution in [0.4, 0.5) is 0 Å². The van der Waals surface area contributed by atoms with Gasteiger partial charge in [-0.2, -0.15) is 0 Å². The van der Waals surface area contributed by atoms with E-state index >= 15 is 0 Å². The van der Waals surface area contributed by atoms with Gasteiger partial charge in [-0.25, -0.2) is 0 Å². The highest BCUT2D eigenvalue weighted by Crippen LogP contribution is 2.38. The van der Waals surface area contributed by atoms with E-state index < -0.39 is 17.9 Å². The molecule has 0 radical (unpaired) electrons. The van der Waals surface area contributed by atoms with Crippen molar-refractivity contribution < 1.29 is 28.5 Å². The first-order chi connectivity index (χ1) is 14.2. The molecule has 2 rings (SSSR count). The summed E-state index contributed by atoms with van der Waals surface area (Å²) in [4.78, 5) is 24.9. The fraction of sp³-hybridized carbons (Fsp3) is 0.333. The van der Waals surface area contributed by atoms with Crippen molar-refractivity contribution in [3.05, 3.63) is 45.4 Å². The molecule has 1 unspecified atom stereocenters. The second kappa shape index (κ2) is 10.2. The molecule has 30 heavy (non-hydrogen) atoms. The minimum atomic E-state index is -0.830. The van der Waals surface area contributed by atoms with Gasteiger partial charge in [-0.15, -0.1) is 0 Å². The quantitative estimate of drug-likeness (QED) is 0.590. The molecule has 9 heteroatoms. The van der Waals surface area contributed by atoms with E-state index in [1.54, 1.807) is 6.92 Å². The lowest BCUT2D eigenvalue weighted by Crippen LogP contribution is -2.47. The van der Waals surface area contributed by atoms with Crippen LogP contribution in [0, 0.1) is 13.8 Å². The Hall–Kier alpha value is -2.94. The van der Waals surface area contributed by atoms with Gasteiger partial charge in [0.25, 0.3) is 11.8 Å². The SMILES string of the molecule is COc1cc(C(=O)NNC(=O)C(C)Oc2c(C)cc(Br)cc2C)cc(OC)c1OC. The van der Waals surface area contributed by atoms with Gasteiger partial charge in [0.05, 0.1) is 21.3 Å². The van der Waals surface area contributed by atoms with Gasteiger partial charge >= 0.3 is 0 Å². The van der Waals surface area contributed by atoms with Crippen molar-refractivity contribution >= 4 is 27.7 Å². The zero-order chi connectivity index (χ0) is 22.4. The first-order valence-electron chi connectivity index (χ1n) is 9.05. The van der Waals surface area contributed by atoms with Crippen LogP contribution in [0.1, 0.15) is 28.4 Å². The van der Waals surface area contributed by atoms with Crippen LogP contribution in [-0.4, -0.2) is 39.2 Å². The van der Waals surface area contributed by atoms with Crippen LogP contribution >= 0.6 is 15.9 Å². The van der Waals surface area contributed by atoms with Crippen LogP contribution in [0.3, 0.4) is 0 Å². The number of methoxy groups -OCH3 is 3. The Labute approximate surface area is 183 Å². The summed E-state index contributed by atoms with van der Waals surface area (Å²) in [6.45, 7) is 5.38. The van der Waals surface area contributed by atoms with Crippen molar-refractivity contribution in [1.29, 1.82) is 0 Å². The highest BCUT2D eigenvalue weighted by molar-refractivity contribution is 9.10. The summed E-state index contributed by atoms with van der Waals surface area (Å²) in [5, 5.41) is 0. The molecule has 0 saturated heterocycles. The lowest BCUT2D eigenvalue weighted by Gasteiger charge is -2.19. The summed E-state index contributed by atoms with van der Waals surface area (Å²) >= 11 is 3.43.